The lowest BCUT2D eigenvalue weighted by molar-refractivity contribution is -0.157. The zero-order valence-corrected chi connectivity index (χ0v) is 56.3. The van der Waals surface area contributed by atoms with Gasteiger partial charge in [-0.1, -0.05) is 122 Å². The Morgan fingerprint density at radius 2 is 0.895 bits per heavy atom. The number of aliphatic hydroxyl groups excluding tert-OH is 1. The molecule has 1 fully saturated rings. The highest BCUT2D eigenvalue weighted by atomic mass is 16.3. The number of nitrogens with one attached hydrogen (secondary N) is 4. The molecular weight excluding hydrogens is 1100 g/mol. The van der Waals surface area contributed by atoms with Crippen molar-refractivity contribution < 1.29 is 57.8 Å². The van der Waals surface area contributed by atoms with E-state index >= 15 is 9.59 Å². The van der Waals surface area contributed by atoms with Gasteiger partial charge in [0.1, 0.15) is 60.4 Å². The third kappa shape index (κ3) is 21.8. The second-order valence-corrected chi connectivity index (χ2v) is 26.2. The van der Waals surface area contributed by atoms with E-state index in [4.69, 9.17) is 0 Å². The van der Waals surface area contributed by atoms with Crippen molar-refractivity contribution in [3.8, 4) is 0 Å². The second-order valence-electron chi connectivity index (χ2n) is 26.2. The number of amides is 11. The maximum absolute atomic E-state index is 15.2. The molecule has 5 N–H and O–H groups in total. The molecule has 0 saturated carbocycles. The molecule has 1 unspecified atom stereocenters. The fraction of sp³-hybridized carbons (Fsp3) is 0.762. The highest BCUT2D eigenvalue weighted by molar-refractivity contribution is 5.99. The zero-order chi connectivity index (χ0) is 66.7. The minimum atomic E-state index is -1.64. The third-order valence-corrected chi connectivity index (χ3v) is 16.1. The van der Waals surface area contributed by atoms with E-state index in [-0.39, 0.29) is 62.2 Å². The van der Waals surface area contributed by atoms with E-state index in [1.165, 1.54) is 87.7 Å². The molecular formula is C63H111N11O12. The van der Waals surface area contributed by atoms with Crippen molar-refractivity contribution in [2.24, 2.45) is 41.4 Å². The predicted octanol–water partition coefficient (Wildman–Crippen LogP) is 3.44. The average molecular weight is 1210 g/mol. The fourth-order valence-electron chi connectivity index (χ4n) is 10.7. The Morgan fingerprint density at radius 3 is 1.35 bits per heavy atom. The van der Waals surface area contributed by atoms with Crippen molar-refractivity contribution in [2.75, 3.05) is 55.9 Å². The number of hydrogen-bond donors (Lipinski definition) is 5. The first-order valence-electron chi connectivity index (χ1n) is 30.7. The summed E-state index contributed by atoms with van der Waals surface area (Å²) in [5.74, 6) is -9.86. The van der Waals surface area contributed by atoms with Crippen LogP contribution in [0.1, 0.15) is 149 Å². The van der Waals surface area contributed by atoms with Crippen LogP contribution in [0.4, 0.5) is 0 Å². The topological polar surface area (TPSA) is 279 Å². The SMILES string of the molecule is C=C/C=C/C[C@@H](C)[C@@H](O)C1C(=O)N[C@@H](CC)C(=O)N(C)CC(=O)N(C)[C@@H](CC(C)C)C(=O)N[C@@H](C(C)C)C(=O)N(C)[C@@H](CC(C)C)C(=O)N[C@@H](C)C(=O)N[C@H](C)C(=O)N(C)[C@@H](CC(C)C)C(=O)N(C)[C@@H](CC(C)C)C(=O)N(C)[C@@H](C(C)C)C(=O)N1C. The minimum absolute atomic E-state index is 0.0125. The van der Waals surface area contributed by atoms with Crippen molar-refractivity contribution in [3.05, 3.63) is 24.8 Å². The van der Waals surface area contributed by atoms with E-state index in [9.17, 15) is 48.3 Å². The predicted molar refractivity (Wildman–Crippen MR) is 333 cm³/mol. The van der Waals surface area contributed by atoms with Gasteiger partial charge in [0.05, 0.1) is 12.6 Å². The van der Waals surface area contributed by atoms with E-state index in [2.05, 4.69) is 27.8 Å². The lowest BCUT2D eigenvalue weighted by Crippen LogP contribution is -2.63. The molecule has 23 nitrogen and oxygen atoms in total. The summed E-state index contributed by atoms with van der Waals surface area (Å²) in [6, 6.07) is -12.4. The summed E-state index contributed by atoms with van der Waals surface area (Å²) in [5, 5.41) is 23.1. The summed E-state index contributed by atoms with van der Waals surface area (Å²) in [6.45, 7) is 31.2. The van der Waals surface area contributed by atoms with Crippen LogP contribution in [0.3, 0.4) is 0 Å². The molecule has 1 saturated heterocycles. The standard InChI is InChI=1S/C63H111N11O12/c1-25-27-28-29-41(15)53(76)52-57(80)66-44(26-2)59(82)68(18)34-49(75)69(19)45(30-35(3)4)56(79)67-50(39(11)12)62(85)70(20)46(31-36(5)6)55(78)64-42(16)54(77)65-43(17)58(81)71(21)47(32-37(7)8)60(83)72(22)48(33-38(9)10)61(84)73(23)51(40(13)14)63(86)74(52)24/h25,27-28,35-48,50-53,76H,1,26,29-34H2,2-24H3,(H,64,78)(H,65,77)(H,66,80)(H,67,79)/b28-27+/t41-,42+,43-,44+,45+,46+,47+,48+,50+,51+,52?,53-/m1/s1. The molecule has 1 aliphatic rings. The summed E-state index contributed by atoms with van der Waals surface area (Å²) in [4.78, 5) is 169. The molecule has 1 heterocycles. The number of hydrogen-bond acceptors (Lipinski definition) is 12. The van der Waals surface area contributed by atoms with Gasteiger partial charge in [0.25, 0.3) is 0 Å². The molecule has 0 aromatic heterocycles. The van der Waals surface area contributed by atoms with Gasteiger partial charge in [-0.25, -0.2) is 0 Å². The van der Waals surface area contributed by atoms with Crippen LogP contribution in [0.15, 0.2) is 24.8 Å². The van der Waals surface area contributed by atoms with Gasteiger partial charge in [-0.3, -0.25) is 52.7 Å². The molecule has 1 rings (SSSR count). The van der Waals surface area contributed by atoms with E-state index in [1.807, 2.05) is 55.4 Å². The summed E-state index contributed by atoms with van der Waals surface area (Å²) in [7, 11) is 9.88. The molecule has 0 aromatic carbocycles. The average Bonchev–Trinajstić information content (AvgIpc) is 3.63. The van der Waals surface area contributed by atoms with Crippen molar-refractivity contribution in [1.82, 2.24) is 55.6 Å². The number of aliphatic hydroxyl groups is 1. The first-order valence-corrected chi connectivity index (χ1v) is 30.7. The zero-order valence-electron chi connectivity index (χ0n) is 56.3. The smallest absolute Gasteiger partial charge is 0.246 e. The van der Waals surface area contributed by atoms with E-state index in [0.717, 1.165) is 9.80 Å². The molecule has 86 heavy (non-hydrogen) atoms. The molecule has 0 aliphatic carbocycles. The first-order chi connectivity index (χ1) is 39.7. The van der Waals surface area contributed by atoms with Crippen LogP contribution in [0.5, 0.6) is 0 Å². The van der Waals surface area contributed by atoms with E-state index < -0.39 is 156 Å². The van der Waals surface area contributed by atoms with Crippen LogP contribution in [0.2, 0.25) is 0 Å². The number of carbonyl (C=O) groups excluding carboxylic acids is 11. The number of allylic oxidation sites excluding steroid dienone is 3. The molecule has 0 radical (unpaired) electrons. The molecule has 0 aromatic rings. The number of carbonyl (C=O) groups is 11. The van der Waals surface area contributed by atoms with Gasteiger partial charge in [-0.05, 0) is 93.8 Å². The summed E-state index contributed by atoms with van der Waals surface area (Å²) < 4.78 is 0. The molecule has 11 amide bonds. The Labute approximate surface area is 514 Å². The second kappa shape index (κ2) is 35.4. The highest BCUT2D eigenvalue weighted by Gasteiger charge is 2.45. The summed E-state index contributed by atoms with van der Waals surface area (Å²) >= 11 is 0. The third-order valence-electron chi connectivity index (χ3n) is 16.1. The van der Waals surface area contributed by atoms with Crippen molar-refractivity contribution in [3.63, 3.8) is 0 Å². The molecule has 1 aliphatic heterocycles. The monoisotopic (exact) mass is 1210 g/mol. The van der Waals surface area contributed by atoms with Gasteiger partial charge in [-0.2, -0.15) is 0 Å². The number of rotatable bonds is 16. The van der Waals surface area contributed by atoms with E-state index in [0.29, 0.717) is 0 Å². The van der Waals surface area contributed by atoms with E-state index in [1.54, 1.807) is 59.8 Å². The number of nitrogens with zero attached hydrogens (tertiary/aromatic N) is 7. The van der Waals surface area contributed by atoms with Crippen LogP contribution in [-0.4, -0.2) is 227 Å². The number of likely N-dealkylation sites (N-methyl/N-ethyl adjacent to an activating group) is 7. The van der Waals surface area contributed by atoms with Gasteiger partial charge in [0, 0.05) is 49.3 Å². The van der Waals surface area contributed by atoms with Crippen molar-refractivity contribution >= 4 is 65.0 Å². The fourth-order valence-corrected chi connectivity index (χ4v) is 10.7. The minimum Gasteiger partial charge on any atom is -0.390 e. The van der Waals surface area contributed by atoms with Gasteiger partial charge < -0.3 is 60.7 Å². The molecule has 0 spiro atoms. The van der Waals surface area contributed by atoms with Crippen LogP contribution in [0, 0.1) is 41.4 Å². The van der Waals surface area contributed by atoms with Crippen molar-refractivity contribution in [1.29, 1.82) is 0 Å². The molecule has 12 atom stereocenters. The van der Waals surface area contributed by atoms with Gasteiger partial charge >= 0.3 is 0 Å². The van der Waals surface area contributed by atoms with Gasteiger partial charge in [0.15, 0.2) is 0 Å². The van der Waals surface area contributed by atoms with Crippen LogP contribution in [-0.2, 0) is 52.7 Å². The van der Waals surface area contributed by atoms with Gasteiger partial charge in [0.2, 0.25) is 65.0 Å². The lowest BCUT2D eigenvalue weighted by atomic mass is 9.91. The Balaban J connectivity index is 4.34. The maximum Gasteiger partial charge on any atom is 0.246 e. The molecule has 23 heteroatoms. The Kier molecular flexibility index (Phi) is 32.0. The van der Waals surface area contributed by atoms with Crippen LogP contribution < -0.4 is 21.3 Å². The van der Waals surface area contributed by atoms with Gasteiger partial charge in [-0.15, -0.1) is 0 Å². The summed E-state index contributed by atoms with van der Waals surface area (Å²) in [5.41, 5.74) is 0. The Morgan fingerprint density at radius 1 is 0.477 bits per heavy atom. The first kappa shape index (κ1) is 77.6. The largest absolute Gasteiger partial charge is 0.390 e. The normalized spacial score (nSPS) is 26.7. The Bertz CT molecular complexity index is 2380. The quantitative estimate of drug-likeness (QED) is 0.139. The summed E-state index contributed by atoms with van der Waals surface area (Å²) in [6.07, 6.45) is 4.30. The Hall–Kier alpha value is -6.39. The van der Waals surface area contributed by atoms with Crippen molar-refractivity contribution in [2.45, 2.75) is 216 Å². The molecule has 0 bridgehead atoms. The van der Waals surface area contributed by atoms with Crippen LogP contribution in [0.25, 0.3) is 0 Å². The highest BCUT2D eigenvalue weighted by Crippen LogP contribution is 2.26. The maximum atomic E-state index is 15.2. The van der Waals surface area contributed by atoms with Crippen LogP contribution >= 0.6 is 0 Å². The molecule has 490 valence electrons. The lowest BCUT2D eigenvalue weighted by Gasteiger charge is -2.41.